The van der Waals surface area contributed by atoms with Gasteiger partial charge in [0, 0.05) is 13.1 Å². The van der Waals surface area contributed by atoms with Gasteiger partial charge in [0.2, 0.25) is 11.8 Å². The summed E-state index contributed by atoms with van der Waals surface area (Å²) in [5.41, 5.74) is 3.24. The minimum Gasteiger partial charge on any atom is -0.354 e. The number of nitrogens with one attached hydrogen (secondary N) is 1. The van der Waals surface area contributed by atoms with Crippen LogP contribution in [0.3, 0.4) is 0 Å². The Morgan fingerprint density at radius 2 is 1.57 bits per heavy atom. The van der Waals surface area contributed by atoms with Crippen LogP contribution in [0, 0.1) is 13.8 Å². The highest BCUT2D eigenvalue weighted by molar-refractivity contribution is 7.92. The van der Waals surface area contributed by atoms with Crippen LogP contribution >= 0.6 is 0 Å². The molecule has 0 spiro atoms. The van der Waals surface area contributed by atoms with Crippen molar-refractivity contribution in [1.29, 1.82) is 0 Å². The molecule has 1 atom stereocenters. The summed E-state index contributed by atoms with van der Waals surface area (Å²) in [6.45, 7) is 8.08. The molecule has 3 rings (SSSR count). The summed E-state index contributed by atoms with van der Waals surface area (Å²) in [4.78, 5) is 28.9. The molecule has 0 aliphatic carbocycles. The molecule has 3 aromatic rings. The molecule has 7 nitrogen and oxygen atoms in total. The maximum Gasteiger partial charge on any atom is 0.264 e. The first-order chi connectivity index (χ1) is 19.2. The summed E-state index contributed by atoms with van der Waals surface area (Å²) in [6.07, 6.45) is 2.74. The molecule has 1 N–H and O–H groups in total. The Hall–Kier alpha value is -3.65. The predicted molar refractivity (Wildman–Crippen MR) is 161 cm³/mol. The van der Waals surface area contributed by atoms with Crippen molar-refractivity contribution < 1.29 is 18.0 Å². The average molecular weight is 564 g/mol. The van der Waals surface area contributed by atoms with Crippen LogP contribution in [0.4, 0.5) is 5.69 Å². The molecular formula is C32H41N3O4S. The van der Waals surface area contributed by atoms with Crippen LogP contribution in [0.5, 0.6) is 0 Å². The summed E-state index contributed by atoms with van der Waals surface area (Å²) in [6, 6.07) is 22.7. The summed E-state index contributed by atoms with van der Waals surface area (Å²) < 4.78 is 29.0. The fourth-order valence-corrected chi connectivity index (χ4v) is 5.96. The van der Waals surface area contributed by atoms with Gasteiger partial charge in [-0.15, -0.1) is 0 Å². The SMILES string of the molecule is CCCCNC(=O)[C@@H](CC)N(CCc1ccccc1)C(=O)CN(c1cccc(C)c1)S(=O)(=O)c1ccc(C)cc1. The minimum absolute atomic E-state index is 0.104. The fourth-order valence-electron chi connectivity index (χ4n) is 4.55. The lowest BCUT2D eigenvalue weighted by Gasteiger charge is -2.33. The number of unbranched alkanes of at least 4 members (excludes halogenated alkanes) is 1. The molecule has 2 amide bonds. The summed E-state index contributed by atoms with van der Waals surface area (Å²) in [5, 5.41) is 2.96. The number of sulfonamides is 1. The van der Waals surface area contributed by atoms with Crippen molar-refractivity contribution in [2.45, 2.75) is 64.3 Å². The molecule has 0 saturated carbocycles. The van der Waals surface area contributed by atoms with Crippen LogP contribution in [0.25, 0.3) is 0 Å². The van der Waals surface area contributed by atoms with Crippen LogP contribution in [-0.4, -0.2) is 50.8 Å². The minimum atomic E-state index is -4.07. The van der Waals surface area contributed by atoms with Gasteiger partial charge in [-0.1, -0.05) is 80.4 Å². The molecule has 8 heteroatoms. The number of hydrogen-bond acceptors (Lipinski definition) is 4. The number of carbonyl (C=O) groups is 2. The van der Waals surface area contributed by atoms with Gasteiger partial charge >= 0.3 is 0 Å². The second kappa shape index (κ2) is 14.7. The fraction of sp³-hybridized carbons (Fsp3) is 0.375. The second-order valence-corrected chi connectivity index (χ2v) is 11.9. The number of carbonyl (C=O) groups excluding carboxylic acids is 2. The molecule has 0 radical (unpaired) electrons. The lowest BCUT2D eigenvalue weighted by atomic mass is 10.1. The van der Waals surface area contributed by atoms with E-state index in [0.717, 1.165) is 33.8 Å². The van der Waals surface area contributed by atoms with Crippen molar-refractivity contribution in [1.82, 2.24) is 10.2 Å². The van der Waals surface area contributed by atoms with E-state index >= 15 is 0 Å². The highest BCUT2D eigenvalue weighted by Crippen LogP contribution is 2.25. The molecule has 0 aliphatic heterocycles. The number of hydrogen-bond donors (Lipinski definition) is 1. The number of anilines is 1. The van der Waals surface area contributed by atoms with Gasteiger partial charge in [0.1, 0.15) is 12.6 Å². The van der Waals surface area contributed by atoms with Gasteiger partial charge in [-0.05, 0) is 68.5 Å². The second-order valence-electron chi connectivity index (χ2n) is 10.1. The maximum atomic E-state index is 14.0. The Balaban J connectivity index is 1.98. The number of amides is 2. The van der Waals surface area contributed by atoms with Crippen molar-refractivity contribution in [3.8, 4) is 0 Å². The van der Waals surface area contributed by atoms with Gasteiger partial charge in [-0.2, -0.15) is 0 Å². The lowest BCUT2D eigenvalue weighted by molar-refractivity contribution is -0.139. The first-order valence-corrected chi connectivity index (χ1v) is 15.4. The number of benzene rings is 3. The molecule has 0 fully saturated rings. The number of rotatable bonds is 14. The van der Waals surface area contributed by atoms with Crippen molar-refractivity contribution in [2.24, 2.45) is 0 Å². The standard InChI is InChI=1S/C32H41N3O4S/c1-5-7-21-33-32(37)30(6-2)34(22-20-27-13-9-8-10-14-27)31(36)24-35(28-15-11-12-26(4)23-28)40(38,39)29-18-16-25(3)17-19-29/h8-19,23,30H,5-7,20-22,24H2,1-4H3,(H,33,37)/t30-/m1/s1. The zero-order chi connectivity index (χ0) is 29.1. The third kappa shape index (κ3) is 8.18. The Bertz CT molecular complexity index is 1360. The monoisotopic (exact) mass is 563 g/mol. The third-order valence-corrected chi connectivity index (χ3v) is 8.67. The lowest BCUT2D eigenvalue weighted by Crippen LogP contribution is -2.53. The summed E-state index contributed by atoms with van der Waals surface area (Å²) in [5.74, 6) is -0.647. The van der Waals surface area contributed by atoms with Crippen LogP contribution in [0.15, 0.2) is 83.8 Å². The van der Waals surface area contributed by atoms with E-state index in [1.54, 1.807) is 47.4 Å². The Morgan fingerprint density at radius 3 is 2.20 bits per heavy atom. The van der Waals surface area contributed by atoms with Crippen molar-refractivity contribution in [3.63, 3.8) is 0 Å². The maximum absolute atomic E-state index is 14.0. The molecule has 40 heavy (non-hydrogen) atoms. The Kier molecular flexibility index (Phi) is 11.3. The van der Waals surface area contributed by atoms with Crippen molar-refractivity contribution in [2.75, 3.05) is 23.9 Å². The van der Waals surface area contributed by atoms with E-state index in [-0.39, 0.29) is 17.3 Å². The van der Waals surface area contributed by atoms with Gasteiger partial charge in [0.15, 0.2) is 0 Å². The Morgan fingerprint density at radius 1 is 0.875 bits per heavy atom. The largest absolute Gasteiger partial charge is 0.354 e. The normalized spacial score (nSPS) is 12.0. The highest BCUT2D eigenvalue weighted by atomic mass is 32.2. The zero-order valence-corrected chi connectivity index (χ0v) is 24.8. The van der Waals surface area contributed by atoms with E-state index < -0.39 is 28.5 Å². The van der Waals surface area contributed by atoms with Crippen LogP contribution < -0.4 is 9.62 Å². The van der Waals surface area contributed by atoms with Crippen LogP contribution in [0.1, 0.15) is 49.8 Å². The Labute approximate surface area is 239 Å². The van der Waals surface area contributed by atoms with E-state index in [2.05, 4.69) is 5.32 Å². The van der Waals surface area contributed by atoms with E-state index in [1.165, 1.54) is 0 Å². The molecular weight excluding hydrogens is 522 g/mol. The summed E-state index contributed by atoms with van der Waals surface area (Å²) in [7, 11) is -4.07. The first-order valence-electron chi connectivity index (χ1n) is 13.9. The average Bonchev–Trinajstić information content (AvgIpc) is 2.94. The first kappa shape index (κ1) is 30.9. The number of nitrogens with zero attached hydrogens (tertiary/aromatic N) is 2. The van der Waals surface area contributed by atoms with Crippen LogP contribution in [0.2, 0.25) is 0 Å². The van der Waals surface area contributed by atoms with Crippen molar-refractivity contribution in [3.05, 3.63) is 95.6 Å². The molecule has 0 heterocycles. The van der Waals surface area contributed by atoms with Gasteiger partial charge in [0.05, 0.1) is 10.6 Å². The van der Waals surface area contributed by atoms with E-state index in [9.17, 15) is 18.0 Å². The van der Waals surface area contributed by atoms with Gasteiger partial charge < -0.3 is 10.2 Å². The molecule has 0 aliphatic rings. The van der Waals surface area contributed by atoms with E-state index in [0.29, 0.717) is 25.1 Å². The topological polar surface area (TPSA) is 86.8 Å². The van der Waals surface area contributed by atoms with Crippen molar-refractivity contribution >= 4 is 27.5 Å². The van der Waals surface area contributed by atoms with Gasteiger partial charge in [0.25, 0.3) is 10.0 Å². The quantitative estimate of drug-likeness (QED) is 0.271. The molecule has 0 bridgehead atoms. The molecule has 0 saturated heterocycles. The van der Waals surface area contributed by atoms with Gasteiger partial charge in [-0.25, -0.2) is 8.42 Å². The molecule has 214 valence electrons. The number of aryl methyl sites for hydroxylation is 2. The molecule has 3 aromatic carbocycles. The van der Waals surface area contributed by atoms with E-state index in [4.69, 9.17) is 0 Å². The molecule has 0 aromatic heterocycles. The third-order valence-electron chi connectivity index (χ3n) is 6.88. The van der Waals surface area contributed by atoms with E-state index in [1.807, 2.05) is 64.1 Å². The van der Waals surface area contributed by atoms with Gasteiger partial charge in [-0.3, -0.25) is 13.9 Å². The zero-order valence-electron chi connectivity index (χ0n) is 24.0. The summed E-state index contributed by atoms with van der Waals surface area (Å²) >= 11 is 0. The molecule has 0 unspecified atom stereocenters. The van der Waals surface area contributed by atoms with Crippen LogP contribution in [-0.2, 0) is 26.0 Å². The highest BCUT2D eigenvalue weighted by Gasteiger charge is 2.33. The predicted octanol–water partition coefficient (Wildman–Crippen LogP) is 5.26. The smallest absolute Gasteiger partial charge is 0.264 e.